The van der Waals surface area contributed by atoms with Gasteiger partial charge in [0.05, 0.1) is 18.4 Å². The maximum absolute atomic E-state index is 11.8. The van der Waals surface area contributed by atoms with E-state index in [1.54, 1.807) is 6.07 Å². The molecule has 1 aromatic carbocycles. The molecule has 0 spiro atoms. The zero-order valence-corrected chi connectivity index (χ0v) is 10.6. The van der Waals surface area contributed by atoms with Crippen molar-refractivity contribution in [2.75, 3.05) is 5.73 Å². The van der Waals surface area contributed by atoms with Gasteiger partial charge in [-0.25, -0.2) is 0 Å². The molecule has 3 rings (SSSR count). The number of carbonyl (C=O) groups excluding carboxylic acids is 2. The van der Waals surface area contributed by atoms with Crippen LogP contribution in [0.4, 0.5) is 5.69 Å². The molecule has 2 fully saturated rings. The molecule has 0 aromatic heterocycles. The summed E-state index contributed by atoms with van der Waals surface area (Å²) in [4.78, 5) is 24.9. The van der Waals surface area contributed by atoms with Gasteiger partial charge in [-0.1, -0.05) is 6.07 Å². The summed E-state index contributed by atoms with van der Waals surface area (Å²) in [7, 11) is 0. The molecule has 1 saturated carbocycles. The number of imide groups is 1. The molecule has 2 amide bonds. The van der Waals surface area contributed by atoms with Crippen molar-refractivity contribution in [2.24, 2.45) is 11.8 Å². The number of nitrogen functional groups attached to an aromatic ring is 1. The van der Waals surface area contributed by atoms with Gasteiger partial charge in [-0.05, 0) is 40.0 Å². The number of halogens is 1. The van der Waals surface area contributed by atoms with Crippen LogP contribution in [0.15, 0.2) is 22.7 Å². The summed E-state index contributed by atoms with van der Waals surface area (Å²) >= 11 is 3.31. The number of hydrogen-bond donors (Lipinski definition) is 1. The quantitative estimate of drug-likeness (QED) is 0.665. The molecule has 0 radical (unpaired) electrons. The first-order chi connectivity index (χ1) is 8.08. The molecule has 1 aliphatic heterocycles. The summed E-state index contributed by atoms with van der Waals surface area (Å²) in [6, 6.07) is 5.48. The smallest absolute Gasteiger partial charge is 0.233 e. The largest absolute Gasteiger partial charge is 0.398 e. The van der Waals surface area contributed by atoms with Crippen LogP contribution in [-0.2, 0) is 16.1 Å². The number of rotatable bonds is 2. The summed E-state index contributed by atoms with van der Waals surface area (Å²) in [5, 5.41) is 0. The lowest BCUT2D eigenvalue weighted by atomic mass is 10.2. The van der Waals surface area contributed by atoms with E-state index in [1.807, 2.05) is 12.1 Å². The van der Waals surface area contributed by atoms with Crippen molar-refractivity contribution in [3.05, 3.63) is 28.2 Å². The van der Waals surface area contributed by atoms with Gasteiger partial charge >= 0.3 is 0 Å². The topological polar surface area (TPSA) is 63.4 Å². The molecule has 2 atom stereocenters. The van der Waals surface area contributed by atoms with E-state index < -0.39 is 0 Å². The number of likely N-dealkylation sites (tertiary alicyclic amines) is 1. The molecular formula is C12H11BrN2O2. The van der Waals surface area contributed by atoms with Crippen LogP contribution in [0.1, 0.15) is 12.0 Å². The van der Waals surface area contributed by atoms with Crippen LogP contribution in [0.2, 0.25) is 0 Å². The minimum Gasteiger partial charge on any atom is -0.398 e. The van der Waals surface area contributed by atoms with E-state index in [2.05, 4.69) is 15.9 Å². The number of carbonyl (C=O) groups is 2. The van der Waals surface area contributed by atoms with Gasteiger partial charge in [0.25, 0.3) is 0 Å². The number of fused-ring (bicyclic) bond motifs is 1. The molecule has 2 N–H and O–H groups in total. The summed E-state index contributed by atoms with van der Waals surface area (Å²) < 4.78 is 0.822. The minimum atomic E-state index is -0.0321. The third-order valence-corrected chi connectivity index (χ3v) is 4.08. The molecule has 0 bridgehead atoms. The fourth-order valence-corrected chi connectivity index (χ4v) is 2.53. The Kier molecular flexibility index (Phi) is 2.26. The van der Waals surface area contributed by atoms with Crippen molar-refractivity contribution in [2.45, 2.75) is 13.0 Å². The van der Waals surface area contributed by atoms with Gasteiger partial charge in [-0.2, -0.15) is 0 Å². The van der Waals surface area contributed by atoms with Gasteiger partial charge < -0.3 is 5.73 Å². The van der Waals surface area contributed by atoms with E-state index in [-0.39, 0.29) is 23.7 Å². The fourth-order valence-electron chi connectivity index (χ4n) is 2.28. The third-order valence-electron chi connectivity index (χ3n) is 3.36. The molecule has 1 aliphatic carbocycles. The number of nitrogens with two attached hydrogens (primary N) is 1. The highest BCUT2D eigenvalue weighted by atomic mass is 79.9. The maximum atomic E-state index is 11.8. The monoisotopic (exact) mass is 294 g/mol. The Labute approximate surface area is 107 Å². The Morgan fingerprint density at radius 1 is 1.29 bits per heavy atom. The number of hydrogen-bond acceptors (Lipinski definition) is 3. The molecule has 1 saturated heterocycles. The first-order valence-electron chi connectivity index (χ1n) is 5.47. The van der Waals surface area contributed by atoms with Crippen molar-refractivity contribution in [1.29, 1.82) is 0 Å². The van der Waals surface area contributed by atoms with Crippen molar-refractivity contribution in [3.63, 3.8) is 0 Å². The normalized spacial score (nSPS) is 26.3. The predicted octanol–water partition coefficient (Wildman–Crippen LogP) is 1.54. The molecule has 5 heteroatoms. The fraction of sp³-hybridized carbons (Fsp3) is 0.333. The first-order valence-corrected chi connectivity index (χ1v) is 6.26. The van der Waals surface area contributed by atoms with E-state index in [9.17, 15) is 9.59 Å². The number of piperidine rings is 1. The number of benzene rings is 1. The minimum absolute atomic E-state index is 0.0264. The van der Waals surface area contributed by atoms with Crippen LogP contribution in [-0.4, -0.2) is 16.7 Å². The number of nitrogens with zero attached hydrogens (tertiary/aromatic N) is 1. The van der Waals surface area contributed by atoms with E-state index in [0.717, 1.165) is 16.5 Å². The molecular weight excluding hydrogens is 284 g/mol. The summed E-state index contributed by atoms with van der Waals surface area (Å²) in [5.74, 6) is -0.117. The summed E-state index contributed by atoms with van der Waals surface area (Å²) in [6.45, 7) is 0.335. The molecule has 1 aromatic rings. The lowest BCUT2D eigenvalue weighted by Gasteiger charge is -2.16. The Morgan fingerprint density at radius 3 is 2.53 bits per heavy atom. The number of anilines is 1. The molecule has 88 valence electrons. The number of amides is 2. The second-order valence-corrected chi connectivity index (χ2v) is 5.42. The van der Waals surface area contributed by atoms with Crippen LogP contribution in [0.5, 0.6) is 0 Å². The van der Waals surface area contributed by atoms with Crippen LogP contribution < -0.4 is 5.73 Å². The highest BCUT2D eigenvalue weighted by molar-refractivity contribution is 9.10. The van der Waals surface area contributed by atoms with E-state index in [4.69, 9.17) is 5.73 Å². The van der Waals surface area contributed by atoms with Crippen molar-refractivity contribution in [3.8, 4) is 0 Å². The Morgan fingerprint density at radius 2 is 1.94 bits per heavy atom. The summed E-state index contributed by atoms with van der Waals surface area (Å²) in [6.07, 6.45) is 0.747. The van der Waals surface area contributed by atoms with Crippen molar-refractivity contribution < 1.29 is 9.59 Å². The van der Waals surface area contributed by atoms with Crippen LogP contribution >= 0.6 is 15.9 Å². The standard InChI is InChI=1S/C12H11BrN2O2/c13-9-2-1-6(3-10(9)14)5-15-11(16)7-4-8(7)12(15)17/h1-3,7-8H,4-5,14H2. The lowest BCUT2D eigenvalue weighted by Crippen LogP contribution is -2.32. The van der Waals surface area contributed by atoms with Gasteiger partial charge in [0.2, 0.25) is 11.8 Å². The second kappa shape index (κ2) is 3.57. The van der Waals surface area contributed by atoms with E-state index in [1.165, 1.54) is 4.90 Å². The van der Waals surface area contributed by atoms with Gasteiger partial charge in [0.15, 0.2) is 0 Å². The van der Waals surface area contributed by atoms with Gasteiger partial charge in [-0.15, -0.1) is 0 Å². The zero-order chi connectivity index (χ0) is 12.2. The molecule has 17 heavy (non-hydrogen) atoms. The van der Waals surface area contributed by atoms with Gasteiger partial charge in [0, 0.05) is 10.2 Å². The van der Waals surface area contributed by atoms with E-state index in [0.29, 0.717) is 12.2 Å². The Hall–Kier alpha value is -1.36. The predicted molar refractivity (Wildman–Crippen MR) is 65.7 cm³/mol. The average Bonchev–Trinajstić information content (AvgIpc) is 3.04. The van der Waals surface area contributed by atoms with Crippen LogP contribution in [0.3, 0.4) is 0 Å². The van der Waals surface area contributed by atoms with Gasteiger partial charge in [-0.3, -0.25) is 14.5 Å². The molecule has 1 heterocycles. The highest BCUT2D eigenvalue weighted by Crippen LogP contribution is 2.47. The summed E-state index contributed by atoms with van der Waals surface area (Å²) in [5.41, 5.74) is 7.27. The zero-order valence-electron chi connectivity index (χ0n) is 9.02. The molecule has 4 nitrogen and oxygen atoms in total. The van der Waals surface area contributed by atoms with Gasteiger partial charge in [0.1, 0.15) is 0 Å². The molecule has 2 aliphatic rings. The first kappa shape index (κ1) is 10.8. The lowest BCUT2D eigenvalue weighted by molar-refractivity contribution is -0.142. The Bertz CT molecular complexity index is 509. The molecule has 2 unspecified atom stereocenters. The van der Waals surface area contributed by atoms with Crippen molar-refractivity contribution >= 4 is 33.4 Å². The van der Waals surface area contributed by atoms with Crippen LogP contribution in [0, 0.1) is 11.8 Å². The second-order valence-electron chi connectivity index (χ2n) is 4.57. The van der Waals surface area contributed by atoms with Crippen LogP contribution in [0.25, 0.3) is 0 Å². The third kappa shape index (κ3) is 1.65. The SMILES string of the molecule is Nc1cc(CN2C(=O)C3CC3C2=O)ccc1Br. The maximum Gasteiger partial charge on any atom is 0.233 e. The highest BCUT2D eigenvalue weighted by Gasteiger charge is 2.58. The Balaban J connectivity index is 1.81. The average molecular weight is 295 g/mol. The van der Waals surface area contributed by atoms with E-state index >= 15 is 0 Å². The van der Waals surface area contributed by atoms with Crippen molar-refractivity contribution in [1.82, 2.24) is 4.90 Å².